The Bertz CT molecular complexity index is 1350. The maximum absolute atomic E-state index is 13.2. The average molecular weight is 510 g/mol. The zero-order valence-electron chi connectivity index (χ0n) is 20.8. The molecule has 0 spiro atoms. The van der Waals surface area contributed by atoms with E-state index >= 15 is 0 Å². The van der Waals surface area contributed by atoms with E-state index in [2.05, 4.69) is 42.2 Å². The van der Waals surface area contributed by atoms with Crippen molar-refractivity contribution in [2.75, 3.05) is 18.9 Å². The molecule has 3 aromatic heterocycles. The van der Waals surface area contributed by atoms with Crippen LogP contribution in [0.1, 0.15) is 25.2 Å². The van der Waals surface area contributed by atoms with E-state index in [-0.39, 0.29) is 5.25 Å². The molecule has 0 saturated carbocycles. The fourth-order valence-corrected chi connectivity index (χ4v) is 5.22. The Morgan fingerprint density at radius 2 is 1.78 bits per heavy atom. The highest BCUT2D eigenvalue weighted by atomic mass is 32.2. The molecule has 2 unspecified atom stereocenters. The molecule has 0 bridgehead atoms. The quantitative estimate of drug-likeness (QED) is 0.326. The van der Waals surface area contributed by atoms with E-state index in [4.69, 9.17) is 9.47 Å². The molecule has 4 rings (SSSR count). The van der Waals surface area contributed by atoms with Crippen molar-refractivity contribution in [3.8, 4) is 28.6 Å². The lowest BCUT2D eigenvalue weighted by Crippen LogP contribution is -2.14. The van der Waals surface area contributed by atoms with Gasteiger partial charge in [-0.15, -0.1) is 10.2 Å². The molecule has 1 aromatic carbocycles. The lowest BCUT2D eigenvalue weighted by Gasteiger charge is -2.21. The predicted molar refractivity (Wildman–Crippen MR) is 141 cm³/mol. The maximum Gasteiger partial charge on any atom is 0.239 e. The molecule has 0 aliphatic heterocycles. The van der Waals surface area contributed by atoms with Gasteiger partial charge in [-0.25, -0.2) is 14.4 Å². The predicted octanol–water partition coefficient (Wildman–Crippen LogP) is 4.63. The highest BCUT2D eigenvalue weighted by molar-refractivity contribution is 8.16. The number of nitrogens with zero attached hydrogens (tertiary/aromatic N) is 6. The van der Waals surface area contributed by atoms with Gasteiger partial charge in [0.25, 0.3) is 0 Å². The highest BCUT2D eigenvalue weighted by Crippen LogP contribution is 2.38. The average Bonchev–Trinajstić information content (AvgIpc) is 3.31. The van der Waals surface area contributed by atoms with Crippen LogP contribution in [0.2, 0.25) is 0 Å². The van der Waals surface area contributed by atoms with Crippen LogP contribution in [0.5, 0.6) is 11.5 Å². The summed E-state index contributed by atoms with van der Waals surface area (Å²) in [6.45, 7) is 6.04. The Labute approximate surface area is 211 Å². The summed E-state index contributed by atoms with van der Waals surface area (Å²) in [6.07, 6.45) is 6.46. The summed E-state index contributed by atoms with van der Waals surface area (Å²) in [6, 6.07) is 7.58. The van der Waals surface area contributed by atoms with Gasteiger partial charge in [-0.05, 0) is 43.0 Å². The first-order valence-corrected chi connectivity index (χ1v) is 12.6. The fourth-order valence-electron chi connectivity index (χ4n) is 3.77. The molecule has 11 heteroatoms. The summed E-state index contributed by atoms with van der Waals surface area (Å²) in [5.41, 5.74) is 2.47. The number of benzene rings is 1. The number of rotatable bonds is 9. The van der Waals surface area contributed by atoms with E-state index < -0.39 is 16.5 Å². The Balaban J connectivity index is 1.79. The van der Waals surface area contributed by atoms with Crippen LogP contribution in [0, 0.1) is 12.7 Å². The summed E-state index contributed by atoms with van der Waals surface area (Å²) in [7, 11) is 2.77. The summed E-state index contributed by atoms with van der Waals surface area (Å²) in [5, 5.41) is 11.2. The third-order valence-electron chi connectivity index (χ3n) is 5.46. The largest absolute Gasteiger partial charge is 0.494 e. The van der Waals surface area contributed by atoms with Crippen LogP contribution in [-0.2, 0) is 6.42 Å². The molecule has 0 saturated heterocycles. The van der Waals surface area contributed by atoms with Gasteiger partial charge < -0.3 is 14.2 Å². The third kappa shape index (κ3) is 5.35. The van der Waals surface area contributed by atoms with Gasteiger partial charge in [0.05, 0.1) is 26.6 Å². The zero-order chi connectivity index (χ0) is 25.7. The number of hydrogen-bond acceptors (Lipinski definition) is 8. The minimum Gasteiger partial charge on any atom is -0.494 e. The van der Waals surface area contributed by atoms with Crippen LogP contribution in [-0.4, -0.2) is 54.6 Å². The molecule has 0 amide bonds. The van der Waals surface area contributed by atoms with Crippen molar-refractivity contribution < 1.29 is 13.9 Å². The van der Waals surface area contributed by atoms with E-state index in [1.54, 1.807) is 26.6 Å². The van der Waals surface area contributed by atoms with E-state index in [1.165, 1.54) is 12.4 Å². The lowest BCUT2D eigenvalue weighted by atomic mass is 10.2. The van der Waals surface area contributed by atoms with E-state index in [0.29, 0.717) is 41.2 Å². The minimum absolute atomic E-state index is 0.0919. The van der Waals surface area contributed by atoms with Crippen LogP contribution >= 0.6 is 10.7 Å². The third-order valence-corrected chi connectivity index (χ3v) is 7.42. The van der Waals surface area contributed by atoms with Crippen molar-refractivity contribution >= 4 is 22.0 Å². The topological polar surface area (TPSA) is 99.9 Å². The Morgan fingerprint density at radius 1 is 1.08 bits per heavy atom. The number of nitrogens with one attached hydrogen (secondary N) is 1. The molecule has 0 aliphatic rings. The summed E-state index contributed by atoms with van der Waals surface area (Å²) in [5.74, 6) is 2.43. The fraction of sp³-hybridized carbons (Fsp3) is 0.280. The first kappa shape index (κ1) is 25.2. The van der Waals surface area contributed by atoms with Crippen molar-refractivity contribution in [1.29, 1.82) is 0 Å². The molecule has 1 N–H and O–H groups in total. The highest BCUT2D eigenvalue weighted by Gasteiger charge is 2.24. The Hall–Kier alpha value is -3.86. The van der Waals surface area contributed by atoms with Crippen LogP contribution in [0.15, 0.2) is 49.1 Å². The number of hydrogen-bond donors (Lipinski definition) is 1. The number of pyridine rings is 1. The monoisotopic (exact) mass is 509 g/mol. The van der Waals surface area contributed by atoms with Crippen molar-refractivity contribution in [3.05, 3.63) is 66.3 Å². The van der Waals surface area contributed by atoms with Crippen LogP contribution in [0.3, 0.4) is 0 Å². The molecule has 3 heterocycles. The van der Waals surface area contributed by atoms with Gasteiger partial charge in [0.1, 0.15) is 23.0 Å². The van der Waals surface area contributed by atoms with Crippen molar-refractivity contribution in [2.45, 2.75) is 32.4 Å². The molecule has 9 nitrogen and oxygen atoms in total. The molecular weight excluding hydrogens is 481 g/mol. The first-order valence-electron chi connectivity index (χ1n) is 11.3. The van der Waals surface area contributed by atoms with Crippen molar-refractivity contribution in [3.63, 3.8) is 0 Å². The molecule has 36 heavy (non-hydrogen) atoms. The number of anilines is 1. The van der Waals surface area contributed by atoms with Gasteiger partial charge in [0.2, 0.25) is 5.95 Å². The molecular formula is C25H28FN7O2S. The molecule has 0 fully saturated rings. The number of aromatic nitrogens is 6. The second-order valence-corrected chi connectivity index (χ2v) is 10.2. The van der Waals surface area contributed by atoms with Gasteiger partial charge in [-0.1, -0.05) is 23.7 Å². The molecule has 2 atom stereocenters. The van der Waals surface area contributed by atoms with Gasteiger partial charge in [0.15, 0.2) is 11.6 Å². The normalized spacial score (nSPS) is 12.8. The second-order valence-electron chi connectivity index (χ2n) is 7.99. The van der Waals surface area contributed by atoms with Crippen LogP contribution in [0.4, 0.5) is 10.3 Å². The van der Waals surface area contributed by atoms with E-state index in [1.807, 2.05) is 42.7 Å². The summed E-state index contributed by atoms with van der Waals surface area (Å²) >= 11 is 0. The number of halogens is 1. The molecule has 4 aromatic rings. The van der Waals surface area contributed by atoms with Crippen molar-refractivity contribution in [2.24, 2.45) is 0 Å². The number of para-hydroxylation sites is 1. The second kappa shape index (κ2) is 11.3. The number of methoxy groups -OCH3 is 2. The van der Waals surface area contributed by atoms with Crippen LogP contribution < -0.4 is 14.2 Å². The van der Waals surface area contributed by atoms with E-state index in [0.717, 1.165) is 11.1 Å². The van der Waals surface area contributed by atoms with E-state index in [9.17, 15) is 4.39 Å². The zero-order valence-corrected chi connectivity index (χ0v) is 21.6. The molecule has 188 valence electrons. The Morgan fingerprint density at radius 3 is 2.39 bits per heavy atom. The standard InChI is InChI=1S/C25H28FN7O2S/c1-6-36(17(3)11-22-28-14-19(26)15-29-22)32-25-31-30-24(18-10-16(2)12-27-13-18)33(25)23-20(34-4)8-7-9-21(23)35-5/h6-10,12-15,17H,11H2,1-5H3,(H,31,32). The van der Waals surface area contributed by atoms with Gasteiger partial charge in [-0.3, -0.25) is 9.55 Å². The summed E-state index contributed by atoms with van der Waals surface area (Å²) < 4.78 is 30.1. The van der Waals surface area contributed by atoms with Crippen molar-refractivity contribution in [1.82, 2.24) is 29.7 Å². The molecule has 0 radical (unpaired) electrons. The minimum atomic E-state index is -0.456. The number of ether oxygens (including phenoxy) is 2. The smallest absolute Gasteiger partial charge is 0.239 e. The molecule has 0 aliphatic carbocycles. The van der Waals surface area contributed by atoms with Gasteiger partial charge >= 0.3 is 0 Å². The first-order chi connectivity index (χ1) is 17.4. The van der Waals surface area contributed by atoms with Gasteiger partial charge in [-0.2, -0.15) is 0 Å². The SMILES string of the molecule is C/C=S(\Nc1nnc(-c2cncc(C)c2)n1-c1c(OC)cccc1OC)C(C)Cc1ncc(F)cn1. The Kier molecular flexibility index (Phi) is 7.89. The number of aryl methyl sites for hydroxylation is 1. The maximum atomic E-state index is 13.2. The van der Waals surface area contributed by atoms with Gasteiger partial charge in [0, 0.05) is 29.6 Å². The summed E-state index contributed by atoms with van der Waals surface area (Å²) in [4.78, 5) is 12.6. The van der Waals surface area contributed by atoms with Crippen LogP contribution in [0.25, 0.3) is 17.1 Å². The lowest BCUT2D eigenvalue weighted by molar-refractivity contribution is 0.391.